The lowest BCUT2D eigenvalue weighted by atomic mass is 10.1. The molecule has 4 aromatic rings. The highest BCUT2D eigenvalue weighted by Gasteiger charge is 2.35. The third kappa shape index (κ3) is 2.98. The largest absolute Gasteiger partial charge is 0.461 e. The molecule has 134 valence electrons. The van der Waals surface area contributed by atoms with E-state index in [-0.39, 0.29) is 27.0 Å². The average Bonchev–Trinajstić information content (AvgIpc) is 3.38. The second kappa shape index (κ2) is 6.69. The topological polar surface area (TPSA) is 90.4 Å². The van der Waals surface area contributed by atoms with Crippen LogP contribution in [0, 0.1) is 0 Å². The molecule has 6 nitrogen and oxygen atoms in total. The maximum atomic E-state index is 13.3. The van der Waals surface area contributed by atoms with Gasteiger partial charge < -0.3 is 8.94 Å². The zero-order valence-electron chi connectivity index (χ0n) is 13.9. The predicted octanol–water partition coefficient (Wildman–Crippen LogP) is 4.00. The number of hydrogen-bond donors (Lipinski definition) is 0. The van der Waals surface area contributed by atoms with E-state index in [1.807, 2.05) is 0 Å². The van der Waals surface area contributed by atoms with Gasteiger partial charge in [-0.2, -0.15) is 0 Å². The van der Waals surface area contributed by atoms with E-state index in [1.54, 1.807) is 60.7 Å². The number of rotatable bonds is 5. The number of carbonyl (C=O) groups is 1. The normalized spacial score (nSPS) is 11.4. The van der Waals surface area contributed by atoms with Crippen molar-refractivity contribution in [1.82, 2.24) is 5.16 Å². The Hall–Kier alpha value is -3.45. The summed E-state index contributed by atoms with van der Waals surface area (Å²) in [7, 11) is -4.07. The summed E-state index contributed by atoms with van der Waals surface area (Å²) < 4.78 is 37.1. The first-order chi connectivity index (χ1) is 13.1. The zero-order valence-corrected chi connectivity index (χ0v) is 14.7. The molecular weight excluding hydrogens is 366 g/mol. The molecule has 0 aliphatic rings. The summed E-state index contributed by atoms with van der Waals surface area (Å²) in [6.45, 7) is 0. The van der Waals surface area contributed by atoms with Gasteiger partial charge in [0.25, 0.3) is 0 Å². The lowest BCUT2D eigenvalue weighted by molar-refractivity contribution is 0.102. The molecule has 0 atom stereocenters. The van der Waals surface area contributed by atoms with Crippen LogP contribution in [0.25, 0.3) is 11.5 Å². The van der Waals surface area contributed by atoms with E-state index < -0.39 is 15.6 Å². The van der Waals surface area contributed by atoms with Crippen molar-refractivity contribution >= 4 is 15.6 Å². The number of hydrogen-bond acceptors (Lipinski definition) is 6. The minimum Gasteiger partial charge on any atom is -0.461 e. The molecule has 0 bridgehead atoms. The van der Waals surface area contributed by atoms with Gasteiger partial charge in [0, 0.05) is 5.56 Å². The van der Waals surface area contributed by atoms with Crippen molar-refractivity contribution in [2.24, 2.45) is 0 Å². The molecule has 0 aliphatic heterocycles. The predicted molar refractivity (Wildman–Crippen MR) is 96.0 cm³/mol. The Kier molecular flexibility index (Phi) is 4.21. The van der Waals surface area contributed by atoms with Crippen LogP contribution >= 0.6 is 0 Å². The van der Waals surface area contributed by atoms with Gasteiger partial charge in [0.2, 0.25) is 21.4 Å². The average molecular weight is 379 g/mol. The number of sulfone groups is 1. The highest BCUT2D eigenvalue weighted by Crippen LogP contribution is 2.35. The van der Waals surface area contributed by atoms with Crippen LogP contribution in [0.1, 0.15) is 16.1 Å². The summed E-state index contributed by atoms with van der Waals surface area (Å²) >= 11 is 0. The Morgan fingerprint density at radius 1 is 0.852 bits per heavy atom. The standard InChI is InChI=1S/C20H13NO5S/c22-18(14-8-3-1-4-9-14)17-20(19(26-21-17)16-12-7-13-25-16)27(23,24)15-10-5-2-6-11-15/h1-13H. The van der Waals surface area contributed by atoms with Gasteiger partial charge in [-0.3, -0.25) is 4.79 Å². The molecule has 0 saturated heterocycles. The Bertz CT molecular complexity index is 1180. The van der Waals surface area contributed by atoms with E-state index in [0.29, 0.717) is 5.56 Å². The van der Waals surface area contributed by atoms with E-state index in [9.17, 15) is 13.2 Å². The van der Waals surface area contributed by atoms with Crippen molar-refractivity contribution in [3.63, 3.8) is 0 Å². The van der Waals surface area contributed by atoms with E-state index in [2.05, 4.69) is 5.16 Å². The van der Waals surface area contributed by atoms with Gasteiger partial charge in [-0.05, 0) is 24.3 Å². The van der Waals surface area contributed by atoms with Crippen LogP contribution in [0.4, 0.5) is 0 Å². The summed E-state index contributed by atoms with van der Waals surface area (Å²) in [5.74, 6) is -0.487. The summed E-state index contributed by atoms with van der Waals surface area (Å²) in [5, 5.41) is 3.78. The van der Waals surface area contributed by atoms with Crippen LogP contribution in [0.2, 0.25) is 0 Å². The van der Waals surface area contributed by atoms with Gasteiger partial charge in [0.05, 0.1) is 11.2 Å². The molecule has 2 aromatic carbocycles. The van der Waals surface area contributed by atoms with Gasteiger partial charge in [-0.15, -0.1) is 0 Å². The molecule has 0 radical (unpaired) electrons. The third-order valence-electron chi connectivity index (χ3n) is 3.97. The Morgan fingerprint density at radius 3 is 2.15 bits per heavy atom. The molecule has 0 N–H and O–H groups in total. The van der Waals surface area contributed by atoms with Crippen LogP contribution < -0.4 is 0 Å². The number of ketones is 1. The maximum absolute atomic E-state index is 13.3. The molecule has 27 heavy (non-hydrogen) atoms. The van der Waals surface area contributed by atoms with Crippen LogP contribution in [0.15, 0.2) is 97.8 Å². The molecule has 0 amide bonds. The molecule has 0 unspecified atom stereocenters. The Labute approximate surface area is 155 Å². The molecule has 0 fully saturated rings. The van der Waals surface area contributed by atoms with Gasteiger partial charge >= 0.3 is 0 Å². The van der Waals surface area contributed by atoms with Crippen LogP contribution in [0.5, 0.6) is 0 Å². The molecule has 7 heteroatoms. The van der Waals surface area contributed by atoms with Crippen molar-refractivity contribution in [2.75, 3.05) is 0 Å². The van der Waals surface area contributed by atoms with Gasteiger partial charge in [-0.1, -0.05) is 53.7 Å². The second-order valence-corrected chi connectivity index (χ2v) is 7.56. The van der Waals surface area contributed by atoms with Crippen molar-refractivity contribution in [3.05, 3.63) is 90.3 Å². The summed E-state index contributed by atoms with van der Waals surface area (Å²) in [6, 6.07) is 19.2. The van der Waals surface area contributed by atoms with E-state index in [4.69, 9.17) is 8.94 Å². The van der Waals surface area contributed by atoms with Gasteiger partial charge in [-0.25, -0.2) is 8.42 Å². The molecule has 0 saturated carbocycles. The first-order valence-electron chi connectivity index (χ1n) is 8.02. The lowest BCUT2D eigenvalue weighted by Gasteiger charge is -2.05. The number of aromatic nitrogens is 1. The van der Waals surface area contributed by atoms with Crippen LogP contribution in [-0.2, 0) is 9.84 Å². The molecule has 4 rings (SSSR count). The van der Waals surface area contributed by atoms with Crippen molar-refractivity contribution in [3.8, 4) is 11.5 Å². The van der Waals surface area contributed by atoms with Crippen molar-refractivity contribution in [2.45, 2.75) is 9.79 Å². The fourth-order valence-corrected chi connectivity index (χ4v) is 4.20. The number of carbonyl (C=O) groups excluding carboxylic acids is 1. The van der Waals surface area contributed by atoms with E-state index in [1.165, 1.54) is 18.4 Å². The highest BCUT2D eigenvalue weighted by molar-refractivity contribution is 7.91. The molecule has 2 aromatic heterocycles. The van der Waals surface area contributed by atoms with E-state index in [0.717, 1.165) is 0 Å². The Morgan fingerprint density at radius 2 is 1.52 bits per heavy atom. The first kappa shape index (κ1) is 17.0. The van der Waals surface area contributed by atoms with Gasteiger partial charge in [0.1, 0.15) is 0 Å². The summed E-state index contributed by atoms with van der Waals surface area (Å²) in [6.07, 6.45) is 1.38. The summed E-state index contributed by atoms with van der Waals surface area (Å²) in [5.41, 5.74) is 0.0257. The molecular formula is C20H13NO5S. The maximum Gasteiger partial charge on any atom is 0.221 e. The first-order valence-corrected chi connectivity index (χ1v) is 9.51. The number of furan rings is 1. The third-order valence-corrected chi connectivity index (χ3v) is 5.78. The van der Waals surface area contributed by atoms with E-state index >= 15 is 0 Å². The minimum absolute atomic E-state index is 0.0307. The zero-order chi connectivity index (χ0) is 18.9. The number of nitrogens with zero attached hydrogens (tertiary/aromatic N) is 1. The number of benzene rings is 2. The van der Waals surface area contributed by atoms with Crippen molar-refractivity contribution < 1.29 is 22.2 Å². The fourth-order valence-electron chi connectivity index (χ4n) is 2.68. The smallest absolute Gasteiger partial charge is 0.221 e. The van der Waals surface area contributed by atoms with Crippen LogP contribution in [-0.4, -0.2) is 19.4 Å². The second-order valence-electron chi connectivity index (χ2n) is 5.68. The Balaban J connectivity index is 1.96. The van der Waals surface area contributed by atoms with Crippen LogP contribution in [0.3, 0.4) is 0 Å². The monoisotopic (exact) mass is 379 g/mol. The molecule has 2 heterocycles. The SMILES string of the molecule is O=C(c1ccccc1)c1noc(-c2ccco2)c1S(=O)(=O)c1ccccc1. The quantitative estimate of drug-likeness (QED) is 0.487. The molecule has 0 spiro atoms. The minimum atomic E-state index is -4.07. The fraction of sp³-hybridized carbons (Fsp3) is 0. The van der Waals surface area contributed by atoms with Crippen molar-refractivity contribution in [1.29, 1.82) is 0 Å². The summed E-state index contributed by atoms with van der Waals surface area (Å²) in [4.78, 5) is 12.6. The lowest BCUT2D eigenvalue weighted by Crippen LogP contribution is -2.10. The highest BCUT2D eigenvalue weighted by atomic mass is 32.2. The molecule has 0 aliphatic carbocycles. The van der Waals surface area contributed by atoms with Gasteiger partial charge in [0.15, 0.2) is 16.3 Å².